The fourth-order valence-electron chi connectivity index (χ4n) is 11.8. The third-order valence-corrected chi connectivity index (χ3v) is 25.7. The molecule has 4 unspecified atom stereocenters. The summed E-state index contributed by atoms with van der Waals surface area (Å²) in [6.45, 7) is 11.1. The summed E-state index contributed by atoms with van der Waals surface area (Å²) in [6.07, 6.45) is -0.860. The lowest BCUT2D eigenvalue weighted by Gasteiger charge is -2.19. The number of fused-ring (bicyclic) bond motifs is 4. The summed E-state index contributed by atoms with van der Waals surface area (Å²) in [4.78, 5) is 136. The van der Waals surface area contributed by atoms with Crippen LogP contribution < -0.4 is 49.9 Å². The van der Waals surface area contributed by atoms with Gasteiger partial charge >= 0.3 is 55.0 Å². The molecular formula is C86H104BrF3N20O32P4. The minimum atomic E-state index is -3.97. The van der Waals surface area contributed by atoms with Crippen molar-refractivity contribution in [2.75, 3.05) is 116 Å². The Hall–Kier alpha value is -13.5. The number of halogens is 4. The third kappa shape index (κ3) is 36.6. The summed E-state index contributed by atoms with van der Waals surface area (Å²) >= 11 is 3.37. The van der Waals surface area contributed by atoms with Crippen LogP contribution in [0.2, 0.25) is 0 Å². The van der Waals surface area contributed by atoms with E-state index in [4.69, 9.17) is 106 Å². The maximum Gasteiger partial charge on any atom is 0.515 e. The van der Waals surface area contributed by atoms with E-state index in [1.54, 1.807) is 118 Å². The summed E-state index contributed by atoms with van der Waals surface area (Å²) < 4.78 is 204. The molecule has 0 saturated heterocycles. The van der Waals surface area contributed by atoms with Gasteiger partial charge in [-0.15, -0.1) is 0 Å². The number of H-pyrrole nitrogens is 4. The van der Waals surface area contributed by atoms with Crippen LogP contribution >= 0.6 is 46.3 Å². The first-order valence-electron chi connectivity index (χ1n) is 43.4. The van der Waals surface area contributed by atoms with Gasteiger partial charge in [0.25, 0.3) is 22.2 Å². The second-order valence-corrected chi connectivity index (χ2v) is 40.3. The molecule has 13 rings (SSSR count). The summed E-state index contributed by atoms with van der Waals surface area (Å²) in [7, 11) is -14.7. The lowest BCUT2D eigenvalue weighted by molar-refractivity contribution is -0.0167. The fourth-order valence-corrected chi connectivity index (χ4v) is 16.7. The van der Waals surface area contributed by atoms with E-state index < -0.39 is 153 Å². The topological polar surface area (TPSA) is 680 Å². The molecule has 0 aliphatic rings. The van der Waals surface area contributed by atoms with Crippen LogP contribution in [0.15, 0.2) is 152 Å². The Morgan fingerprint density at radius 2 is 0.705 bits per heavy atom. The SMILES string of the molecule is COC(=O)OCOP(=O)(COCCn1cnc2c(=O)[nH]c(N)nc21)OCc1ccc(C)c(F)c1.Cc1ccc(COP(=O)(COCCn2cnc3c(=O)[nH]c(N)nc32)OCOC(=O)OC(C)C)cc1F.Cc1ccc(COP(=O)(COCCn2cnc3c(=O)[nH]c(N)nc32)OCOC(=O)OCC(C)C)cc1F.Cc1ccc(OC(=O)OCOP(=O)(COCCn2cnc3c(=O)[nH]c(N)nc32)OCc2cccc(Br)c2)cc1. The maximum atomic E-state index is 13.9. The molecule has 0 radical (unpaired) electrons. The van der Waals surface area contributed by atoms with Crippen molar-refractivity contribution in [2.24, 2.45) is 5.92 Å². The lowest BCUT2D eigenvalue weighted by atomic mass is 10.1. The van der Waals surface area contributed by atoms with Gasteiger partial charge in [0, 0.05) is 30.7 Å². The van der Waals surface area contributed by atoms with Crippen LogP contribution in [0.25, 0.3) is 44.7 Å². The predicted octanol–water partition coefficient (Wildman–Crippen LogP) is 13.0. The van der Waals surface area contributed by atoms with E-state index in [1.165, 1.54) is 57.2 Å². The van der Waals surface area contributed by atoms with E-state index in [1.807, 2.05) is 26.8 Å². The third-order valence-electron chi connectivity index (χ3n) is 19.1. The molecule has 0 spiro atoms. The van der Waals surface area contributed by atoms with Crippen molar-refractivity contribution in [1.29, 1.82) is 0 Å². The monoisotopic (exact) mass is 2190 g/mol. The van der Waals surface area contributed by atoms with Crippen LogP contribution in [0.3, 0.4) is 0 Å². The van der Waals surface area contributed by atoms with Crippen molar-refractivity contribution >= 4 is 139 Å². The van der Waals surface area contributed by atoms with Gasteiger partial charge in [0.05, 0.1) is 98.0 Å². The second-order valence-electron chi connectivity index (χ2n) is 31.4. The van der Waals surface area contributed by atoms with Gasteiger partial charge in [0.1, 0.15) is 48.6 Å². The number of nitrogens with two attached hydrogens (primary N) is 4. The minimum Gasteiger partial charge on any atom is -0.438 e. The number of methoxy groups -OCH3 is 1. The van der Waals surface area contributed by atoms with Crippen molar-refractivity contribution in [3.8, 4) is 5.75 Å². The molecule has 788 valence electrons. The zero-order valence-corrected chi connectivity index (χ0v) is 84.8. The van der Waals surface area contributed by atoms with Gasteiger partial charge in [0.2, 0.25) is 51.0 Å². The number of carbonyl (C=O) groups is 4. The number of rotatable bonds is 48. The highest BCUT2D eigenvalue weighted by atomic mass is 79.9. The van der Waals surface area contributed by atoms with Crippen molar-refractivity contribution in [3.05, 3.63) is 236 Å². The zero-order chi connectivity index (χ0) is 106. The Bertz CT molecular complexity index is 7100. The van der Waals surface area contributed by atoms with Crippen LogP contribution in [0.5, 0.6) is 5.75 Å². The highest BCUT2D eigenvalue weighted by Gasteiger charge is 2.32. The second kappa shape index (κ2) is 55.1. The van der Waals surface area contributed by atoms with E-state index >= 15 is 0 Å². The van der Waals surface area contributed by atoms with Gasteiger partial charge < -0.3 is 116 Å². The van der Waals surface area contributed by atoms with Crippen molar-refractivity contribution in [1.82, 2.24) is 78.1 Å². The molecule has 0 aliphatic heterocycles. The normalized spacial score (nSPS) is 13.0. The smallest absolute Gasteiger partial charge is 0.438 e. The molecule has 146 heavy (non-hydrogen) atoms. The van der Waals surface area contributed by atoms with Gasteiger partial charge in [-0.05, 0) is 129 Å². The number of aryl methyl sites for hydroxylation is 4. The number of nitrogen functional groups attached to an aromatic ring is 4. The Morgan fingerprint density at radius 1 is 0.397 bits per heavy atom. The Morgan fingerprint density at radius 3 is 1.01 bits per heavy atom. The van der Waals surface area contributed by atoms with Gasteiger partial charge in [0.15, 0.2) is 44.7 Å². The molecule has 8 aromatic heterocycles. The molecule has 60 heteroatoms. The average molecular weight is 2190 g/mol. The molecule has 0 saturated carbocycles. The molecule has 13 aromatic rings. The average Bonchev–Trinajstić information content (AvgIpc) is 1.65. The summed E-state index contributed by atoms with van der Waals surface area (Å²) in [5, 5.41) is 0. The van der Waals surface area contributed by atoms with Gasteiger partial charge in [-0.2, -0.15) is 19.9 Å². The predicted molar refractivity (Wildman–Crippen MR) is 516 cm³/mol. The number of anilines is 4. The van der Waals surface area contributed by atoms with Crippen molar-refractivity contribution in [3.63, 3.8) is 0 Å². The molecule has 0 amide bonds. The number of ether oxygens (including phenoxy) is 12. The number of benzene rings is 5. The summed E-state index contributed by atoms with van der Waals surface area (Å²) in [5.41, 5.74) is 26.3. The zero-order valence-electron chi connectivity index (χ0n) is 79.7. The Kier molecular flexibility index (Phi) is 43.2. The van der Waals surface area contributed by atoms with Crippen LogP contribution in [0.1, 0.15) is 72.2 Å². The highest BCUT2D eigenvalue weighted by Crippen LogP contribution is 2.52. The number of aromatic amines is 4. The standard InChI is InChI=1S/C24H25BrN5O8P.C22H29FN5O8P.C21H27FN5O8P.C19H23FN5O8P/c1-16-5-7-19(8-6-16)38-24(32)35-14-37-39(33,36-12-17-3-2-4-18(25)11-17)15-34-10-9-30-13-27-20-21(30)28-23(26)29-22(20)31;1-14(2)9-33-22(30)34-12-36-37(31,35-10-16-5-4-15(3)17(23)8-16)13-32-7-6-28-11-25-18-19(28)26-21(24)27-20(18)29;1-13(2)35-21(29)32-11-34-36(30,33-9-15-5-4-14(3)16(22)8-15)12-31-7-6-27-10-24-17-18(27)25-20(23)26-19(17)28;1-12-3-4-13(7-14(12)20)8-32-34(28,33-10-31-19(27)29-2)11-30-6-5-25-9-22-15-16(25)23-18(21)24-17(15)26/h2-8,11,13H,9-10,12,14-15H2,1H3,(H3,26,28,29,31);4-5,8,11,14H,6-7,9-10,12-13H2,1-3H3,(H3,24,26,27,29);4-5,8,10,13H,6-7,9,11-12H2,1-3H3,(H3,23,25,26,28);3-4,7,9H,5-6,8,10-11H2,1-2H3,(H3,21,23,24,26). The number of imidazole rings is 4. The molecule has 8 heterocycles. The summed E-state index contributed by atoms with van der Waals surface area (Å²) in [5.74, 6) is -1.18. The van der Waals surface area contributed by atoms with E-state index in [0.29, 0.717) is 33.4 Å². The maximum absolute atomic E-state index is 13.9. The largest absolute Gasteiger partial charge is 0.515 e. The van der Waals surface area contributed by atoms with Crippen molar-refractivity contribution in [2.45, 2.75) is 114 Å². The highest BCUT2D eigenvalue weighted by molar-refractivity contribution is 9.10. The van der Waals surface area contributed by atoms with E-state index in [0.717, 1.165) is 22.7 Å². The van der Waals surface area contributed by atoms with E-state index in [2.05, 4.69) is 85.2 Å². The number of carbonyl (C=O) groups excluding carboxylic acids is 4. The van der Waals surface area contributed by atoms with Crippen LogP contribution in [-0.2, 0) is 159 Å². The van der Waals surface area contributed by atoms with E-state index in [9.17, 15) is 69.8 Å². The first-order valence-corrected chi connectivity index (χ1v) is 51.1. The van der Waals surface area contributed by atoms with Gasteiger partial charge in [-0.1, -0.05) is 96.0 Å². The molecule has 52 nitrogen and oxygen atoms in total. The summed E-state index contributed by atoms with van der Waals surface area (Å²) in [6, 6.07) is 27.3. The first-order chi connectivity index (χ1) is 69.5. The molecule has 0 bridgehead atoms. The first kappa shape index (κ1) is 114. The fraction of sp³-hybridized carbons (Fsp3) is 0.372. The van der Waals surface area contributed by atoms with Crippen molar-refractivity contribution < 1.29 is 144 Å². The van der Waals surface area contributed by atoms with E-state index in [-0.39, 0.29) is 166 Å². The molecule has 12 N–H and O–H groups in total. The van der Waals surface area contributed by atoms with Gasteiger partial charge in [-0.3, -0.25) is 75.5 Å². The Balaban J connectivity index is 0.000000200. The molecule has 0 fully saturated rings. The number of nitrogens with one attached hydrogen (secondary N) is 4. The van der Waals surface area contributed by atoms with Crippen LogP contribution in [-0.4, -0.2) is 202 Å². The number of hydrogen-bond acceptors (Lipinski definition) is 44. The molecule has 0 aliphatic carbocycles. The van der Waals surface area contributed by atoms with Crippen LogP contribution in [0.4, 0.5) is 56.1 Å². The van der Waals surface area contributed by atoms with Crippen LogP contribution in [0, 0.1) is 51.1 Å². The van der Waals surface area contributed by atoms with Gasteiger partial charge in [-0.25, -0.2) is 52.3 Å². The lowest BCUT2D eigenvalue weighted by Crippen LogP contribution is -2.16. The molecule has 5 aromatic carbocycles. The minimum absolute atomic E-state index is 0.00591. The molecule has 4 atom stereocenters. The quantitative estimate of drug-likeness (QED) is 0.00438. The molecular weight excluding hydrogens is 2090 g/mol. The number of hydrogen-bond donors (Lipinski definition) is 8. The number of aromatic nitrogens is 16. The Labute approximate surface area is 834 Å². The number of nitrogens with zero attached hydrogens (tertiary/aromatic N) is 12.